The van der Waals surface area contributed by atoms with Crippen LogP contribution in [0.2, 0.25) is 0 Å². The Morgan fingerprint density at radius 3 is 2.48 bits per heavy atom. The smallest absolute Gasteiger partial charge is 0.174 e. The number of rotatable bonds is 3. The lowest BCUT2D eigenvalue weighted by atomic mass is 9.78. The van der Waals surface area contributed by atoms with Gasteiger partial charge in [0, 0.05) is 16.0 Å². The number of nitrogen functional groups attached to an aromatic ring is 1. The Balaban J connectivity index is 2.08. The van der Waals surface area contributed by atoms with E-state index in [1.54, 1.807) is 11.3 Å². The molecular weight excluding hydrogens is 278 g/mol. The molecule has 3 aromatic rings. The average Bonchev–Trinajstić information content (AvgIpc) is 2.95. The second-order valence-corrected chi connectivity index (χ2v) is 6.64. The monoisotopic (exact) mass is 295 g/mol. The maximum Gasteiger partial charge on any atom is 0.174 e. The van der Waals surface area contributed by atoms with Gasteiger partial charge in [-0.3, -0.25) is 4.79 Å². The molecule has 0 amide bonds. The van der Waals surface area contributed by atoms with E-state index in [4.69, 9.17) is 5.73 Å². The van der Waals surface area contributed by atoms with Crippen LogP contribution in [0.25, 0.3) is 10.1 Å². The van der Waals surface area contributed by atoms with Crippen LogP contribution in [0.4, 0.5) is 5.69 Å². The Bertz CT molecular complexity index is 799. The number of carbonyl (C=O) groups is 1. The fourth-order valence-corrected chi connectivity index (χ4v) is 3.45. The predicted molar refractivity (Wildman–Crippen MR) is 90.0 cm³/mol. The topological polar surface area (TPSA) is 43.1 Å². The minimum atomic E-state index is -0.577. The lowest BCUT2D eigenvalue weighted by Gasteiger charge is -2.24. The molecule has 0 aliphatic heterocycles. The molecule has 0 aliphatic carbocycles. The highest BCUT2D eigenvalue weighted by Crippen LogP contribution is 2.33. The summed E-state index contributed by atoms with van der Waals surface area (Å²) >= 11 is 1.62. The van der Waals surface area contributed by atoms with Gasteiger partial charge in [-0.25, -0.2) is 0 Å². The third kappa shape index (κ3) is 2.34. The molecule has 0 saturated heterocycles. The van der Waals surface area contributed by atoms with E-state index in [2.05, 4.69) is 0 Å². The van der Waals surface area contributed by atoms with E-state index in [0.29, 0.717) is 5.69 Å². The first kappa shape index (κ1) is 13.8. The summed E-state index contributed by atoms with van der Waals surface area (Å²) in [5, 5.41) is 3.15. The van der Waals surface area contributed by atoms with Crippen molar-refractivity contribution in [2.45, 2.75) is 19.3 Å². The lowest BCUT2D eigenvalue weighted by molar-refractivity contribution is 0.0910. The zero-order chi connectivity index (χ0) is 15.0. The maximum absolute atomic E-state index is 13.0. The zero-order valence-electron chi connectivity index (χ0n) is 12.1. The molecule has 0 unspecified atom stereocenters. The van der Waals surface area contributed by atoms with Gasteiger partial charge in [0.2, 0.25) is 0 Å². The van der Waals surface area contributed by atoms with E-state index >= 15 is 0 Å². The third-order valence-corrected chi connectivity index (χ3v) is 4.89. The van der Waals surface area contributed by atoms with Crippen molar-refractivity contribution in [2.24, 2.45) is 0 Å². The Morgan fingerprint density at radius 2 is 1.76 bits per heavy atom. The highest BCUT2D eigenvalue weighted by molar-refractivity contribution is 7.17. The number of carbonyl (C=O) groups excluding carboxylic acids is 1. The predicted octanol–water partition coefficient (Wildman–Crippen LogP) is 4.64. The molecule has 3 rings (SSSR count). The highest BCUT2D eigenvalue weighted by atomic mass is 32.1. The molecule has 1 aromatic heterocycles. The van der Waals surface area contributed by atoms with E-state index in [0.717, 1.165) is 21.2 Å². The number of thiophene rings is 1. The van der Waals surface area contributed by atoms with Crippen LogP contribution in [0.5, 0.6) is 0 Å². The van der Waals surface area contributed by atoms with Gasteiger partial charge in [0.05, 0.1) is 5.41 Å². The fraction of sp³-hybridized carbons (Fsp3) is 0.167. The second-order valence-electron chi connectivity index (χ2n) is 5.72. The Kier molecular flexibility index (Phi) is 3.30. The molecule has 106 valence electrons. The van der Waals surface area contributed by atoms with Crippen LogP contribution in [0.1, 0.15) is 29.8 Å². The summed E-state index contributed by atoms with van der Waals surface area (Å²) in [6.45, 7) is 3.93. The molecule has 0 bridgehead atoms. The number of nitrogens with two attached hydrogens (primary N) is 1. The van der Waals surface area contributed by atoms with Crippen molar-refractivity contribution in [3.63, 3.8) is 0 Å². The first-order valence-corrected chi connectivity index (χ1v) is 7.75. The standard InChI is InChI=1S/C18H17NOS/c1-18(2,13-6-8-14(19)9-7-13)17(20)15-5-3-4-12-10-11-21-16(12)15/h3-11H,19H2,1-2H3. The lowest BCUT2D eigenvalue weighted by Crippen LogP contribution is -2.29. The largest absolute Gasteiger partial charge is 0.399 e. The molecule has 3 heteroatoms. The summed E-state index contributed by atoms with van der Waals surface area (Å²) in [6, 6.07) is 15.5. The summed E-state index contributed by atoms with van der Waals surface area (Å²) in [7, 11) is 0. The minimum absolute atomic E-state index is 0.139. The highest BCUT2D eigenvalue weighted by Gasteiger charge is 2.31. The van der Waals surface area contributed by atoms with Crippen molar-refractivity contribution in [3.05, 3.63) is 65.0 Å². The number of Topliss-reactive ketones (excluding diaryl/α,β-unsaturated/α-hetero) is 1. The average molecular weight is 295 g/mol. The Hall–Kier alpha value is -2.13. The van der Waals surface area contributed by atoms with Crippen molar-refractivity contribution in [3.8, 4) is 0 Å². The van der Waals surface area contributed by atoms with Crippen LogP contribution >= 0.6 is 11.3 Å². The van der Waals surface area contributed by atoms with Crippen molar-refractivity contribution in [1.29, 1.82) is 0 Å². The van der Waals surface area contributed by atoms with Gasteiger partial charge in [-0.2, -0.15) is 0 Å². The van der Waals surface area contributed by atoms with E-state index in [9.17, 15) is 4.79 Å². The first-order valence-electron chi connectivity index (χ1n) is 6.87. The zero-order valence-corrected chi connectivity index (χ0v) is 12.9. The first-order chi connectivity index (χ1) is 10.00. The number of anilines is 1. The van der Waals surface area contributed by atoms with E-state index in [-0.39, 0.29) is 5.78 Å². The summed E-state index contributed by atoms with van der Waals surface area (Å²) in [4.78, 5) is 13.0. The van der Waals surface area contributed by atoms with Crippen LogP contribution in [0.15, 0.2) is 53.9 Å². The minimum Gasteiger partial charge on any atom is -0.399 e. The summed E-state index contributed by atoms with van der Waals surface area (Å²) < 4.78 is 1.06. The Labute approximate surface area is 128 Å². The molecule has 2 aromatic carbocycles. The van der Waals surface area contributed by atoms with Crippen molar-refractivity contribution in [1.82, 2.24) is 0 Å². The van der Waals surface area contributed by atoms with E-state index in [1.165, 1.54) is 0 Å². The van der Waals surface area contributed by atoms with Gasteiger partial charge in [0.25, 0.3) is 0 Å². The number of benzene rings is 2. The van der Waals surface area contributed by atoms with E-state index < -0.39 is 5.41 Å². The van der Waals surface area contributed by atoms with Crippen molar-refractivity contribution < 1.29 is 4.79 Å². The number of hydrogen-bond acceptors (Lipinski definition) is 3. The van der Waals surface area contributed by atoms with Crippen molar-refractivity contribution in [2.75, 3.05) is 5.73 Å². The normalized spacial score (nSPS) is 11.7. The molecule has 0 saturated carbocycles. The molecule has 0 radical (unpaired) electrons. The molecule has 21 heavy (non-hydrogen) atoms. The number of hydrogen-bond donors (Lipinski definition) is 1. The van der Waals surface area contributed by atoms with Gasteiger partial charge in [0.1, 0.15) is 0 Å². The van der Waals surface area contributed by atoms with Crippen LogP contribution in [-0.2, 0) is 5.41 Å². The van der Waals surface area contributed by atoms with Gasteiger partial charge < -0.3 is 5.73 Å². The van der Waals surface area contributed by atoms with Gasteiger partial charge >= 0.3 is 0 Å². The van der Waals surface area contributed by atoms with Crippen LogP contribution in [0.3, 0.4) is 0 Å². The molecule has 0 spiro atoms. The van der Waals surface area contributed by atoms with Gasteiger partial charge in [-0.05, 0) is 54.4 Å². The van der Waals surface area contributed by atoms with Gasteiger partial charge in [0.15, 0.2) is 5.78 Å². The Morgan fingerprint density at radius 1 is 1.05 bits per heavy atom. The second kappa shape index (κ2) is 5.01. The molecule has 0 atom stereocenters. The number of ketones is 1. The fourth-order valence-electron chi connectivity index (χ4n) is 2.54. The molecule has 1 heterocycles. The van der Waals surface area contributed by atoms with Gasteiger partial charge in [-0.1, -0.05) is 24.3 Å². The van der Waals surface area contributed by atoms with Crippen LogP contribution < -0.4 is 5.73 Å². The van der Waals surface area contributed by atoms with Crippen LogP contribution in [-0.4, -0.2) is 5.78 Å². The summed E-state index contributed by atoms with van der Waals surface area (Å²) in [5.41, 5.74) is 7.64. The van der Waals surface area contributed by atoms with Crippen molar-refractivity contribution >= 4 is 32.9 Å². The SMILES string of the molecule is CC(C)(C(=O)c1cccc2ccsc12)c1ccc(N)cc1. The van der Waals surface area contributed by atoms with E-state index in [1.807, 2.05) is 67.8 Å². The van der Waals surface area contributed by atoms with Crippen LogP contribution in [0, 0.1) is 0 Å². The quantitative estimate of drug-likeness (QED) is 0.565. The number of fused-ring (bicyclic) bond motifs is 1. The third-order valence-electron chi connectivity index (χ3n) is 3.92. The molecule has 2 N–H and O–H groups in total. The molecule has 2 nitrogen and oxygen atoms in total. The summed E-state index contributed by atoms with van der Waals surface area (Å²) in [6.07, 6.45) is 0. The maximum atomic E-state index is 13.0. The molecule has 0 aliphatic rings. The summed E-state index contributed by atoms with van der Waals surface area (Å²) in [5.74, 6) is 0.139. The molecular formula is C18H17NOS. The molecule has 0 fully saturated rings. The van der Waals surface area contributed by atoms with Gasteiger partial charge in [-0.15, -0.1) is 11.3 Å².